The normalized spacial score (nSPS) is 11.4. The zero-order chi connectivity index (χ0) is 13.7. The molecule has 0 aromatic carbocycles. The van der Waals surface area contributed by atoms with Crippen molar-refractivity contribution in [3.05, 3.63) is 31.0 Å². The van der Waals surface area contributed by atoms with Crippen LogP contribution >= 0.6 is 11.6 Å². The summed E-state index contributed by atoms with van der Waals surface area (Å²) in [5.74, 6) is 0.626. The molecule has 0 saturated carbocycles. The summed E-state index contributed by atoms with van der Waals surface area (Å²) in [5.41, 5.74) is 0.350. The average molecular weight is 302 g/mol. The highest BCUT2D eigenvalue weighted by molar-refractivity contribution is 7.92. The minimum atomic E-state index is -3.45. The number of hydrogen-bond donors (Lipinski definition) is 1. The molecule has 2 rings (SSSR count). The van der Waals surface area contributed by atoms with Gasteiger partial charge in [-0.15, -0.1) is 11.6 Å². The Kier molecular flexibility index (Phi) is 4.33. The molecule has 9 heteroatoms. The zero-order valence-corrected chi connectivity index (χ0v) is 11.5. The van der Waals surface area contributed by atoms with Gasteiger partial charge < -0.3 is 0 Å². The Morgan fingerprint density at radius 2 is 2.26 bits per heavy atom. The van der Waals surface area contributed by atoms with E-state index >= 15 is 0 Å². The Balaban J connectivity index is 2.26. The van der Waals surface area contributed by atoms with Gasteiger partial charge in [0.15, 0.2) is 5.82 Å². The molecule has 1 N–H and O–H groups in total. The van der Waals surface area contributed by atoms with E-state index in [4.69, 9.17) is 11.6 Å². The van der Waals surface area contributed by atoms with E-state index < -0.39 is 10.0 Å². The Morgan fingerprint density at radius 1 is 1.42 bits per heavy atom. The molecule has 0 aliphatic rings. The summed E-state index contributed by atoms with van der Waals surface area (Å²) in [5, 5.41) is 3.93. The maximum absolute atomic E-state index is 11.8. The summed E-state index contributed by atoms with van der Waals surface area (Å²) in [6.07, 6.45) is 4.72. The molecule has 2 heterocycles. The fourth-order valence-electron chi connectivity index (χ4n) is 1.44. The first-order chi connectivity index (χ1) is 9.12. The van der Waals surface area contributed by atoms with Crippen LogP contribution in [0.15, 0.2) is 31.0 Å². The van der Waals surface area contributed by atoms with Crippen LogP contribution in [0.3, 0.4) is 0 Å². The third-order valence-electron chi connectivity index (χ3n) is 2.23. The highest BCUT2D eigenvalue weighted by Crippen LogP contribution is 2.17. The summed E-state index contributed by atoms with van der Waals surface area (Å²) in [4.78, 5) is 7.90. The predicted octanol–water partition coefficient (Wildman–Crippen LogP) is 1.03. The van der Waals surface area contributed by atoms with E-state index in [1.165, 1.54) is 17.3 Å². The molecule has 0 radical (unpaired) electrons. The average Bonchev–Trinajstić information content (AvgIpc) is 2.90. The molecule has 2 aromatic rings. The van der Waals surface area contributed by atoms with Crippen LogP contribution in [0.2, 0.25) is 0 Å². The number of nitrogens with zero attached hydrogens (tertiary/aromatic N) is 4. The molecule has 0 amide bonds. The van der Waals surface area contributed by atoms with Crippen LogP contribution in [0.4, 0.5) is 5.69 Å². The summed E-state index contributed by atoms with van der Waals surface area (Å²) < 4.78 is 27.5. The molecule has 0 fully saturated rings. The van der Waals surface area contributed by atoms with Crippen molar-refractivity contribution in [2.45, 2.75) is 6.42 Å². The molecular formula is C10H12ClN5O2S. The smallest absolute Gasteiger partial charge is 0.232 e. The van der Waals surface area contributed by atoms with Crippen LogP contribution < -0.4 is 4.72 Å². The highest BCUT2D eigenvalue weighted by Gasteiger charge is 2.14. The number of hydrogen-bond acceptors (Lipinski definition) is 5. The molecule has 0 aliphatic carbocycles. The second kappa shape index (κ2) is 5.98. The van der Waals surface area contributed by atoms with Crippen LogP contribution in [0.25, 0.3) is 5.82 Å². The molecule has 0 unspecified atom stereocenters. The Morgan fingerprint density at radius 3 is 2.95 bits per heavy atom. The Bertz CT molecular complexity index is 629. The summed E-state index contributed by atoms with van der Waals surface area (Å²) in [6, 6.07) is 3.25. The van der Waals surface area contributed by atoms with Crippen molar-refractivity contribution in [1.82, 2.24) is 19.7 Å². The fraction of sp³-hybridized carbons (Fsp3) is 0.300. The molecule has 19 heavy (non-hydrogen) atoms. The number of anilines is 1. The van der Waals surface area contributed by atoms with E-state index in [1.807, 2.05) is 0 Å². The second-order valence-electron chi connectivity index (χ2n) is 3.68. The predicted molar refractivity (Wildman–Crippen MR) is 71.9 cm³/mol. The first-order valence-electron chi connectivity index (χ1n) is 5.49. The third-order valence-corrected chi connectivity index (χ3v) is 3.86. The van der Waals surface area contributed by atoms with Crippen LogP contribution in [0.5, 0.6) is 0 Å². The van der Waals surface area contributed by atoms with Crippen molar-refractivity contribution in [2.75, 3.05) is 16.4 Å². The van der Waals surface area contributed by atoms with E-state index in [0.717, 1.165) is 0 Å². The molecule has 0 atom stereocenters. The molecule has 102 valence electrons. The maximum Gasteiger partial charge on any atom is 0.232 e. The van der Waals surface area contributed by atoms with Gasteiger partial charge in [0.05, 0.1) is 11.4 Å². The number of alkyl halides is 1. The van der Waals surface area contributed by atoms with Crippen molar-refractivity contribution in [3.8, 4) is 5.82 Å². The molecule has 7 nitrogen and oxygen atoms in total. The van der Waals surface area contributed by atoms with Crippen molar-refractivity contribution in [2.24, 2.45) is 0 Å². The van der Waals surface area contributed by atoms with Crippen LogP contribution in [-0.4, -0.2) is 39.8 Å². The quantitative estimate of drug-likeness (QED) is 0.805. The van der Waals surface area contributed by atoms with E-state index in [2.05, 4.69) is 19.8 Å². The van der Waals surface area contributed by atoms with Gasteiger partial charge in [-0.1, -0.05) is 0 Å². The van der Waals surface area contributed by atoms with Gasteiger partial charge in [-0.25, -0.2) is 23.1 Å². The number of aromatic nitrogens is 4. The minimum Gasteiger partial charge on any atom is -0.280 e. The van der Waals surface area contributed by atoms with Gasteiger partial charge in [0.25, 0.3) is 0 Å². The fourth-order valence-corrected chi connectivity index (χ4v) is 2.85. The Hall–Kier alpha value is -1.67. The number of sulfonamides is 1. The monoisotopic (exact) mass is 301 g/mol. The van der Waals surface area contributed by atoms with Gasteiger partial charge in [-0.3, -0.25) is 4.72 Å². The summed E-state index contributed by atoms with van der Waals surface area (Å²) >= 11 is 5.50. The third kappa shape index (κ3) is 3.65. The van der Waals surface area contributed by atoms with Gasteiger partial charge in [0.2, 0.25) is 10.0 Å². The number of nitrogens with one attached hydrogen (secondary N) is 1. The van der Waals surface area contributed by atoms with Crippen molar-refractivity contribution < 1.29 is 8.42 Å². The first-order valence-corrected chi connectivity index (χ1v) is 7.67. The first kappa shape index (κ1) is 13.8. The van der Waals surface area contributed by atoms with Crippen molar-refractivity contribution >= 4 is 27.3 Å². The van der Waals surface area contributed by atoms with E-state index in [9.17, 15) is 8.42 Å². The molecule has 0 aliphatic heterocycles. The van der Waals surface area contributed by atoms with Crippen LogP contribution in [-0.2, 0) is 10.0 Å². The Labute approximate surface area is 115 Å². The SMILES string of the molecule is O=S(=O)(CCCCl)Nc1cccnc1-n1cncn1. The topological polar surface area (TPSA) is 89.8 Å². The maximum atomic E-state index is 11.8. The van der Waals surface area contributed by atoms with E-state index in [-0.39, 0.29) is 5.75 Å². The summed E-state index contributed by atoms with van der Waals surface area (Å²) in [6.45, 7) is 0. The molecule has 0 bridgehead atoms. The number of rotatable bonds is 6. The van der Waals surface area contributed by atoms with Crippen molar-refractivity contribution in [1.29, 1.82) is 0 Å². The van der Waals surface area contributed by atoms with E-state index in [0.29, 0.717) is 23.8 Å². The largest absolute Gasteiger partial charge is 0.280 e. The van der Waals surface area contributed by atoms with Gasteiger partial charge in [0.1, 0.15) is 12.7 Å². The molecular weight excluding hydrogens is 290 g/mol. The van der Waals surface area contributed by atoms with Crippen LogP contribution in [0, 0.1) is 0 Å². The standard InChI is InChI=1S/C10H12ClN5O2S/c11-4-2-6-19(17,18)15-9-3-1-5-13-10(9)16-8-12-7-14-16/h1,3,5,7-8,15H,2,4,6H2. The highest BCUT2D eigenvalue weighted by atomic mass is 35.5. The lowest BCUT2D eigenvalue weighted by Gasteiger charge is -2.10. The van der Waals surface area contributed by atoms with Gasteiger partial charge in [-0.05, 0) is 18.6 Å². The molecule has 0 spiro atoms. The lowest BCUT2D eigenvalue weighted by atomic mass is 10.4. The summed E-state index contributed by atoms with van der Waals surface area (Å²) in [7, 11) is -3.45. The number of pyridine rings is 1. The van der Waals surface area contributed by atoms with Gasteiger partial charge in [-0.2, -0.15) is 5.10 Å². The second-order valence-corrected chi connectivity index (χ2v) is 5.90. The van der Waals surface area contributed by atoms with Crippen molar-refractivity contribution in [3.63, 3.8) is 0 Å². The molecule has 0 saturated heterocycles. The number of halogens is 1. The van der Waals surface area contributed by atoms with Gasteiger partial charge in [0, 0.05) is 12.1 Å². The van der Waals surface area contributed by atoms with Crippen LogP contribution in [0.1, 0.15) is 6.42 Å². The molecule has 2 aromatic heterocycles. The minimum absolute atomic E-state index is 0.0395. The lowest BCUT2D eigenvalue weighted by Crippen LogP contribution is -2.18. The van der Waals surface area contributed by atoms with Gasteiger partial charge >= 0.3 is 0 Å². The zero-order valence-electron chi connectivity index (χ0n) is 9.90. The van der Waals surface area contributed by atoms with E-state index in [1.54, 1.807) is 18.3 Å². The lowest BCUT2D eigenvalue weighted by molar-refractivity contribution is 0.600.